The first-order valence-electron chi connectivity index (χ1n) is 8.49. The molecule has 3 rings (SSSR count). The Bertz CT molecular complexity index is 870. The van der Waals surface area contributed by atoms with Crippen molar-refractivity contribution in [1.82, 2.24) is 9.62 Å². The molecule has 1 saturated heterocycles. The number of hydrogen-bond donors (Lipinski definition) is 1. The van der Waals surface area contributed by atoms with Gasteiger partial charge in [-0.15, -0.1) is 11.3 Å². The monoisotopic (exact) mass is 396 g/mol. The predicted molar refractivity (Wildman–Crippen MR) is 99.0 cm³/mol. The van der Waals surface area contributed by atoms with E-state index in [2.05, 4.69) is 12.2 Å². The molecule has 0 aliphatic carbocycles. The number of benzene rings is 1. The Labute approximate surface area is 156 Å². The maximum absolute atomic E-state index is 12.9. The van der Waals surface area contributed by atoms with Crippen LogP contribution in [0.2, 0.25) is 0 Å². The molecule has 1 N–H and O–H groups in total. The third kappa shape index (κ3) is 4.31. The highest BCUT2D eigenvalue weighted by Gasteiger charge is 2.29. The van der Waals surface area contributed by atoms with Crippen LogP contribution in [0.3, 0.4) is 0 Å². The van der Waals surface area contributed by atoms with Crippen LogP contribution in [0.4, 0.5) is 4.39 Å². The highest BCUT2D eigenvalue weighted by molar-refractivity contribution is 7.91. The SMILES string of the molecule is CC1CCN(S(=O)(=O)c2ccc(CNC(=O)c3ccc(F)cc3)s2)CC1. The van der Waals surface area contributed by atoms with E-state index in [-0.39, 0.29) is 12.5 Å². The van der Waals surface area contributed by atoms with Gasteiger partial charge in [-0.1, -0.05) is 6.92 Å². The normalized spacial score (nSPS) is 16.5. The van der Waals surface area contributed by atoms with E-state index in [1.54, 1.807) is 16.4 Å². The molecule has 1 aliphatic heterocycles. The van der Waals surface area contributed by atoms with Crippen LogP contribution in [-0.2, 0) is 16.6 Å². The lowest BCUT2D eigenvalue weighted by molar-refractivity contribution is 0.0951. The number of thiophene rings is 1. The van der Waals surface area contributed by atoms with Gasteiger partial charge in [-0.2, -0.15) is 4.31 Å². The lowest BCUT2D eigenvalue weighted by Gasteiger charge is -2.28. The average Bonchev–Trinajstić information content (AvgIpc) is 3.10. The Morgan fingerprint density at radius 3 is 2.50 bits per heavy atom. The van der Waals surface area contributed by atoms with Crippen LogP contribution in [0.5, 0.6) is 0 Å². The molecule has 5 nitrogen and oxygen atoms in total. The van der Waals surface area contributed by atoms with Crippen molar-refractivity contribution in [3.8, 4) is 0 Å². The summed E-state index contributed by atoms with van der Waals surface area (Å²) in [4.78, 5) is 12.8. The molecule has 8 heteroatoms. The summed E-state index contributed by atoms with van der Waals surface area (Å²) in [7, 11) is -3.46. The molecule has 1 aromatic carbocycles. The van der Waals surface area contributed by atoms with Crippen molar-refractivity contribution in [2.24, 2.45) is 5.92 Å². The van der Waals surface area contributed by atoms with E-state index in [1.807, 2.05) is 0 Å². The molecule has 140 valence electrons. The molecule has 1 amide bonds. The van der Waals surface area contributed by atoms with E-state index in [0.717, 1.165) is 17.7 Å². The molecule has 0 atom stereocenters. The average molecular weight is 397 g/mol. The zero-order valence-electron chi connectivity index (χ0n) is 14.4. The topological polar surface area (TPSA) is 66.5 Å². The summed E-state index contributed by atoms with van der Waals surface area (Å²) >= 11 is 1.17. The van der Waals surface area contributed by atoms with Crippen LogP contribution in [0.1, 0.15) is 35.0 Å². The molecular weight excluding hydrogens is 375 g/mol. The lowest BCUT2D eigenvalue weighted by Crippen LogP contribution is -2.37. The van der Waals surface area contributed by atoms with Crippen LogP contribution >= 0.6 is 11.3 Å². The molecule has 0 radical (unpaired) electrons. The Morgan fingerprint density at radius 1 is 1.19 bits per heavy atom. The number of halogens is 1. The number of carbonyl (C=O) groups excluding carboxylic acids is 1. The van der Waals surface area contributed by atoms with Crippen molar-refractivity contribution in [2.45, 2.75) is 30.5 Å². The van der Waals surface area contributed by atoms with Crippen molar-refractivity contribution in [3.05, 3.63) is 52.7 Å². The van der Waals surface area contributed by atoms with Crippen molar-refractivity contribution >= 4 is 27.3 Å². The van der Waals surface area contributed by atoms with Gasteiger partial charge in [0.2, 0.25) is 0 Å². The Morgan fingerprint density at radius 2 is 1.85 bits per heavy atom. The molecule has 26 heavy (non-hydrogen) atoms. The molecule has 0 unspecified atom stereocenters. The van der Waals surface area contributed by atoms with E-state index < -0.39 is 15.8 Å². The smallest absolute Gasteiger partial charge is 0.252 e. The Hall–Kier alpha value is -1.77. The molecule has 1 aromatic heterocycles. The number of nitrogens with one attached hydrogen (secondary N) is 1. The fraction of sp³-hybridized carbons (Fsp3) is 0.389. The predicted octanol–water partition coefficient (Wildman–Crippen LogP) is 3.24. The van der Waals surface area contributed by atoms with Crippen molar-refractivity contribution in [3.63, 3.8) is 0 Å². The second-order valence-electron chi connectivity index (χ2n) is 6.50. The van der Waals surface area contributed by atoms with E-state index in [0.29, 0.717) is 28.8 Å². The summed E-state index contributed by atoms with van der Waals surface area (Å²) in [5.74, 6) is -0.170. The second kappa shape index (κ2) is 7.85. The molecule has 1 fully saturated rings. The fourth-order valence-electron chi connectivity index (χ4n) is 2.82. The molecule has 0 spiro atoms. The largest absolute Gasteiger partial charge is 0.347 e. The zero-order chi connectivity index (χ0) is 18.7. The second-order valence-corrected chi connectivity index (χ2v) is 9.83. The van der Waals surface area contributed by atoms with Gasteiger partial charge in [0.05, 0.1) is 6.54 Å². The molecule has 0 bridgehead atoms. The van der Waals surface area contributed by atoms with Crippen molar-refractivity contribution in [1.29, 1.82) is 0 Å². The summed E-state index contributed by atoms with van der Waals surface area (Å²) in [6.07, 6.45) is 1.76. The Kier molecular flexibility index (Phi) is 5.74. The number of nitrogens with zero attached hydrogens (tertiary/aromatic N) is 1. The minimum absolute atomic E-state index is 0.230. The summed E-state index contributed by atoms with van der Waals surface area (Å²) < 4.78 is 40.2. The number of carbonyl (C=O) groups is 1. The third-order valence-electron chi connectivity index (χ3n) is 4.50. The number of piperidine rings is 1. The van der Waals surface area contributed by atoms with Crippen LogP contribution in [0.25, 0.3) is 0 Å². The fourth-order valence-corrected chi connectivity index (χ4v) is 5.73. The number of amides is 1. The number of rotatable bonds is 5. The van der Waals surface area contributed by atoms with E-state index in [4.69, 9.17) is 0 Å². The summed E-state index contributed by atoms with van der Waals surface area (Å²) in [6, 6.07) is 8.58. The first-order chi connectivity index (χ1) is 12.4. The van der Waals surface area contributed by atoms with Crippen LogP contribution < -0.4 is 5.32 Å². The lowest BCUT2D eigenvalue weighted by atomic mass is 10.0. The maximum Gasteiger partial charge on any atom is 0.252 e. The van der Waals surface area contributed by atoms with E-state index in [9.17, 15) is 17.6 Å². The maximum atomic E-state index is 12.9. The van der Waals surface area contributed by atoms with Gasteiger partial charge in [-0.3, -0.25) is 4.79 Å². The Balaban J connectivity index is 1.62. The third-order valence-corrected chi connectivity index (χ3v) is 7.95. The van der Waals surface area contributed by atoms with Gasteiger partial charge in [0.15, 0.2) is 0 Å². The minimum atomic E-state index is -3.46. The molecule has 2 aromatic rings. The van der Waals surface area contributed by atoms with Gasteiger partial charge in [0.25, 0.3) is 15.9 Å². The number of sulfonamides is 1. The standard InChI is InChI=1S/C18H21FN2O3S2/c1-13-8-10-21(11-9-13)26(23,24)17-7-6-16(25-17)12-20-18(22)14-2-4-15(19)5-3-14/h2-7,13H,8-12H2,1H3,(H,20,22). The van der Waals surface area contributed by atoms with Gasteiger partial charge in [0, 0.05) is 23.5 Å². The molecular formula is C18H21FN2O3S2. The van der Waals surface area contributed by atoms with Crippen LogP contribution in [-0.4, -0.2) is 31.7 Å². The zero-order valence-corrected chi connectivity index (χ0v) is 16.1. The highest BCUT2D eigenvalue weighted by atomic mass is 32.2. The van der Waals surface area contributed by atoms with Gasteiger partial charge < -0.3 is 5.32 Å². The van der Waals surface area contributed by atoms with Gasteiger partial charge >= 0.3 is 0 Å². The first kappa shape index (κ1) is 19.0. The van der Waals surface area contributed by atoms with Gasteiger partial charge in [0.1, 0.15) is 10.0 Å². The highest BCUT2D eigenvalue weighted by Crippen LogP contribution is 2.28. The number of hydrogen-bond acceptors (Lipinski definition) is 4. The molecule has 1 aliphatic rings. The van der Waals surface area contributed by atoms with Crippen molar-refractivity contribution < 1.29 is 17.6 Å². The quantitative estimate of drug-likeness (QED) is 0.844. The summed E-state index contributed by atoms with van der Waals surface area (Å²) in [6.45, 7) is 3.47. The first-order valence-corrected chi connectivity index (χ1v) is 10.7. The van der Waals surface area contributed by atoms with Crippen LogP contribution in [0, 0.1) is 11.7 Å². The van der Waals surface area contributed by atoms with Crippen LogP contribution in [0.15, 0.2) is 40.6 Å². The van der Waals surface area contributed by atoms with E-state index in [1.165, 1.54) is 35.6 Å². The summed E-state index contributed by atoms with van der Waals surface area (Å²) in [5, 5.41) is 2.73. The van der Waals surface area contributed by atoms with E-state index >= 15 is 0 Å². The van der Waals surface area contributed by atoms with Gasteiger partial charge in [-0.25, -0.2) is 12.8 Å². The van der Waals surface area contributed by atoms with Gasteiger partial charge in [-0.05, 0) is 55.2 Å². The van der Waals surface area contributed by atoms with Crippen molar-refractivity contribution in [2.75, 3.05) is 13.1 Å². The molecule has 0 saturated carbocycles. The summed E-state index contributed by atoms with van der Waals surface area (Å²) in [5.41, 5.74) is 0.359. The minimum Gasteiger partial charge on any atom is -0.347 e. The molecule has 2 heterocycles.